The summed E-state index contributed by atoms with van der Waals surface area (Å²) in [5.74, 6) is 0.779. The number of hydrogen-bond acceptors (Lipinski definition) is 5. The summed E-state index contributed by atoms with van der Waals surface area (Å²) in [6.45, 7) is 3.21. The van der Waals surface area contributed by atoms with Gasteiger partial charge in [-0.1, -0.05) is 30.3 Å². The van der Waals surface area contributed by atoms with E-state index in [0.29, 0.717) is 18.2 Å². The van der Waals surface area contributed by atoms with Gasteiger partial charge in [0, 0.05) is 16.4 Å². The highest BCUT2D eigenvalue weighted by Gasteiger charge is 2.13. The molecule has 0 amide bonds. The topological polar surface area (TPSA) is 44.1 Å². The van der Waals surface area contributed by atoms with Crippen molar-refractivity contribution in [3.8, 4) is 5.75 Å². The minimum Gasteiger partial charge on any atom is -0.494 e. The van der Waals surface area contributed by atoms with Crippen LogP contribution in [0.15, 0.2) is 40.3 Å². The number of fused-ring (bicyclic) bond motifs is 1. The second-order valence-electron chi connectivity index (χ2n) is 5.50. The van der Waals surface area contributed by atoms with Gasteiger partial charge in [-0.3, -0.25) is 9.36 Å². The summed E-state index contributed by atoms with van der Waals surface area (Å²) in [5, 5.41) is 2.16. The third kappa shape index (κ3) is 4.19. The van der Waals surface area contributed by atoms with Crippen LogP contribution in [0.2, 0.25) is 5.02 Å². The molecule has 2 heterocycles. The number of thioether (sulfide) groups is 1. The molecular formula is C18H19ClN2O2S2. The molecule has 0 bridgehead atoms. The van der Waals surface area contributed by atoms with Gasteiger partial charge in [0.05, 0.1) is 12.0 Å². The SMILES string of the molecule is CCc1cc2c(=O)n(CCCOc3ccc(Cl)cc3)c(SC)nc2s1. The first-order chi connectivity index (χ1) is 12.1. The molecule has 0 fully saturated rings. The summed E-state index contributed by atoms with van der Waals surface area (Å²) in [6, 6.07) is 9.25. The number of hydrogen-bond donors (Lipinski definition) is 0. The standard InChI is InChI=1S/C18H19ClN2O2S2/c1-3-14-11-15-16(25-14)20-18(24-2)21(17(15)22)9-4-10-23-13-7-5-12(19)6-8-13/h5-8,11H,3-4,9-10H2,1-2H3. The lowest BCUT2D eigenvalue weighted by atomic mass is 10.3. The van der Waals surface area contributed by atoms with Crippen molar-refractivity contribution in [2.45, 2.75) is 31.5 Å². The van der Waals surface area contributed by atoms with Crippen LogP contribution >= 0.6 is 34.7 Å². The summed E-state index contributed by atoms with van der Waals surface area (Å²) in [5.41, 5.74) is 0.0387. The van der Waals surface area contributed by atoms with Crippen molar-refractivity contribution in [1.82, 2.24) is 9.55 Å². The van der Waals surface area contributed by atoms with Crippen LogP contribution < -0.4 is 10.3 Å². The van der Waals surface area contributed by atoms with E-state index in [1.54, 1.807) is 28.0 Å². The molecule has 0 radical (unpaired) electrons. The maximum absolute atomic E-state index is 12.8. The van der Waals surface area contributed by atoms with E-state index in [1.165, 1.54) is 16.6 Å². The van der Waals surface area contributed by atoms with Crippen molar-refractivity contribution in [2.75, 3.05) is 12.9 Å². The van der Waals surface area contributed by atoms with Crippen LogP contribution in [0.5, 0.6) is 5.75 Å². The quantitative estimate of drug-likeness (QED) is 0.326. The van der Waals surface area contributed by atoms with Crippen molar-refractivity contribution in [1.29, 1.82) is 0 Å². The van der Waals surface area contributed by atoms with Gasteiger partial charge in [0.25, 0.3) is 5.56 Å². The van der Waals surface area contributed by atoms with E-state index in [2.05, 4.69) is 11.9 Å². The molecule has 1 aromatic carbocycles. The van der Waals surface area contributed by atoms with Gasteiger partial charge in [0.1, 0.15) is 10.6 Å². The van der Waals surface area contributed by atoms with Gasteiger partial charge in [-0.2, -0.15) is 0 Å². The Kier molecular flexibility index (Phi) is 6.04. The fourth-order valence-corrected chi connectivity index (χ4v) is 4.24. The van der Waals surface area contributed by atoms with E-state index in [4.69, 9.17) is 16.3 Å². The Bertz CT molecular complexity index is 919. The normalized spacial score (nSPS) is 11.2. The van der Waals surface area contributed by atoms with E-state index >= 15 is 0 Å². The number of ether oxygens (including phenoxy) is 1. The molecule has 0 aliphatic carbocycles. The van der Waals surface area contributed by atoms with Gasteiger partial charge in [0.2, 0.25) is 0 Å². The molecular weight excluding hydrogens is 376 g/mol. The zero-order chi connectivity index (χ0) is 17.8. The highest BCUT2D eigenvalue weighted by molar-refractivity contribution is 7.98. The smallest absolute Gasteiger partial charge is 0.262 e. The van der Waals surface area contributed by atoms with Crippen LogP contribution in [0.25, 0.3) is 10.2 Å². The Morgan fingerprint density at radius 3 is 2.76 bits per heavy atom. The Hall–Kier alpha value is -1.50. The van der Waals surface area contributed by atoms with Gasteiger partial charge in [-0.15, -0.1) is 11.3 Å². The maximum Gasteiger partial charge on any atom is 0.262 e. The van der Waals surface area contributed by atoms with Gasteiger partial charge in [-0.25, -0.2) is 4.98 Å². The molecule has 25 heavy (non-hydrogen) atoms. The van der Waals surface area contributed by atoms with Crippen LogP contribution in [0, 0.1) is 0 Å². The molecule has 3 aromatic rings. The Morgan fingerprint density at radius 2 is 2.08 bits per heavy atom. The van der Waals surface area contributed by atoms with Crippen LogP contribution in [0.1, 0.15) is 18.2 Å². The van der Waals surface area contributed by atoms with Gasteiger partial charge in [-0.05, 0) is 49.4 Å². The summed E-state index contributed by atoms with van der Waals surface area (Å²) < 4.78 is 7.46. The van der Waals surface area contributed by atoms with Crippen molar-refractivity contribution in [2.24, 2.45) is 0 Å². The zero-order valence-electron chi connectivity index (χ0n) is 14.1. The highest BCUT2D eigenvalue weighted by Crippen LogP contribution is 2.24. The number of benzene rings is 1. The maximum atomic E-state index is 12.8. The summed E-state index contributed by atoms with van der Waals surface area (Å²) in [4.78, 5) is 19.5. The first kappa shape index (κ1) is 18.3. The number of aromatic nitrogens is 2. The van der Waals surface area contributed by atoms with Crippen molar-refractivity contribution in [3.05, 3.63) is 50.6 Å². The Morgan fingerprint density at radius 1 is 1.32 bits per heavy atom. The monoisotopic (exact) mass is 394 g/mol. The van der Waals surface area contributed by atoms with Crippen molar-refractivity contribution in [3.63, 3.8) is 0 Å². The average molecular weight is 395 g/mol. The van der Waals surface area contributed by atoms with Crippen molar-refractivity contribution < 1.29 is 4.74 Å². The molecule has 0 saturated carbocycles. The van der Waals surface area contributed by atoms with Crippen LogP contribution in [-0.2, 0) is 13.0 Å². The van der Waals surface area contributed by atoms with Gasteiger partial charge < -0.3 is 4.74 Å². The highest BCUT2D eigenvalue weighted by atomic mass is 35.5. The van der Waals surface area contributed by atoms with Gasteiger partial charge in [0.15, 0.2) is 5.16 Å². The summed E-state index contributed by atoms with van der Waals surface area (Å²) in [6.07, 6.45) is 3.60. The third-order valence-electron chi connectivity index (χ3n) is 3.81. The molecule has 4 nitrogen and oxygen atoms in total. The predicted octanol–water partition coefficient (Wildman–Crippen LogP) is 4.86. The summed E-state index contributed by atoms with van der Waals surface area (Å²) >= 11 is 8.97. The summed E-state index contributed by atoms with van der Waals surface area (Å²) in [7, 11) is 0. The van der Waals surface area contributed by atoms with E-state index in [1.807, 2.05) is 24.5 Å². The number of rotatable bonds is 7. The molecule has 0 saturated heterocycles. The Labute approximate surface area is 159 Å². The van der Waals surface area contributed by atoms with E-state index in [-0.39, 0.29) is 5.56 Å². The molecule has 2 aromatic heterocycles. The molecule has 0 N–H and O–H groups in total. The number of aryl methyl sites for hydroxylation is 1. The first-order valence-electron chi connectivity index (χ1n) is 8.08. The number of thiophene rings is 1. The minimum atomic E-state index is 0.0387. The lowest BCUT2D eigenvalue weighted by molar-refractivity contribution is 0.298. The molecule has 0 aliphatic heterocycles. The number of nitrogens with zero attached hydrogens (tertiary/aromatic N) is 2. The molecule has 0 aliphatic rings. The number of halogens is 1. The lowest BCUT2D eigenvalue weighted by Gasteiger charge is -2.11. The first-order valence-corrected chi connectivity index (χ1v) is 10.5. The molecule has 0 spiro atoms. The molecule has 0 unspecified atom stereocenters. The molecule has 0 atom stereocenters. The largest absolute Gasteiger partial charge is 0.494 e. The third-order valence-corrected chi connectivity index (χ3v) is 5.91. The van der Waals surface area contributed by atoms with E-state index in [0.717, 1.165) is 34.0 Å². The second-order valence-corrected chi connectivity index (χ2v) is 7.82. The van der Waals surface area contributed by atoms with Crippen LogP contribution in [-0.4, -0.2) is 22.4 Å². The van der Waals surface area contributed by atoms with Crippen molar-refractivity contribution >= 4 is 44.9 Å². The van der Waals surface area contributed by atoms with E-state index < -0.39 is 0 Å². The predicted molar refractivity (Wildman–Crippen MR) is 107 cm³/mol. The second kappa shape index (κ2) is 8.25. The average Bonchev–Trinajstić information content (AvgIpc) is 3.05. The molecule has 132 valence electrons. The van der Waals surface area contributed by atoms with Crippen LogP contribution in [0.4, 0.5) is 0 Å². The van der Waals surface area contributed by atoms with Gasteiger partial charge >= 0.3 is 0 Å². The van der Waals surface area contributed by atoms with Crippen LogP contribution in [0.3, 0.4) is 0 Å². The fraction of sp³-hybridized carbons (Fsp3) is 0.333. The fourth-order valence-electron chi connectivity index (χ4n) is 2.52. The zero-order valence-corrected chi connectivity index (χ0v) is 16.5. The molecule has 7 heteroatoms. The van der Waals surface area contributed by atoms with E-state index in [9.17, 15) is 4.79 Å². The minimum absolute atomic E-state index is 0.0387. The Balaban J connectivity index is 1.72. The molecule has 3 rings (SSSR count). The lowest BCUT2D eigenvalue weighted by Crippen LogP contribution is -2.23.